The van der Waals surface area contributed by atoms with Crippen molar-refractivity contribution in [3.05, 3.63) is 75.1 Å². The Morgan fingerprint density at radius 1 is 1.08 bits per heavy atom. The Morgan fingerprint density at radius 2 is 1.74 bits per heavy atom. The minimum Gasteiger partial charge on any atom is -0.508 e. The van der Waals surface area contributed by atoms with Crippen LogP contribution in [-0.4, -0.2) is 57.6 Å². The van der Waals surface area contributed by atoms with Gasteiger partial charge in [-0.3, -0.25) is 14.4 Å². The summed E-state index contributed by atoms with van der Waals surface area (Å²) in [6.45, 7) is 1.96. The number of carbonyl (C=O) groups is 3. The minimum absolute atomic E-state index is 0.0153. The molecule has 0 aliphatic heterocycles. The van der Waals surface area contributed by atoms with Gasteiger partial charge in [-0.1, -0.05) is 29.5 Å². The highest BCUT2D eigenvalue weighted by Crippen LogP contribution is 2.53. The van der Waals surface area contributed by atoms with Crippen molar-refractivity contribution in [2.75, 3.05) is 19.0 Å². The number of carbonyl (C=O) groups excluding carboxylic acids is 3. The van der Waals surface area contributed by atoms with Gasteiger partial charge in [-0.05, 0) is 49.4 Å². The number of rotatable bonds is 2. The molecule has 0 unspecified atom stereocenters. The molecule has 0 radical (unpaired) electrons. The third-order valence-electron chi connectivity index (χ3n) is 7.92. The molecule has 0 aromatic heterocycles. The third-order valence-corrected chi connectivity index (χ3v) is 7.92. The third kappa shape index (κ3) is 3.87. The molecule has 2 aromatic carbocycles. The predicted molar refractivity (Wildman–Crippen MR) is 143 cm³/mol. The van der Waals surface area contributed by atoms with Gasteiger partial charge in [0.25, 0.3) is 5.91 Å². The zero-order chi connectivity index (χ0) is 28.4. The van der Waals surface area contributed by atoms with E-state index < -0.39 is 52.0 Å². The molecule has 3 aliphatic carbocycles. The van der Waals surface area contributed by atoms with Gasteiger partial charge < -0.3 is 31.1 Å². The molecule has 200 valence electrons. The first-order valence-corrected chi connectivity index (χ1v) is 12.5. The molecule has 0 saturated heterocycles. The summed E-state index contributed by atoms with van der Waals surface area (Å²) in [5, 5.41) is 44.8. The van der Waals surface area contributed by atoms with Crippen molar-refractivity contribution in [2.24, 2.45) is 17.6 Å². The number of aryl methyl sites for hydroxylation is 1. The van der Waals surface area contributed by atoms with E-state index in [0.717, 1.165) is 11.1 Å². The van der Waals surface area contributed by atoms with Gasteiger partial charge in [-0.2, -0.15) is 0 Å². The van der Waals surface area contributed by atoms with Crippen LogP contribution in [-0.2, 0) is 20.8 Å². The molecule has 3 atom stereocenters. The van der Waals surface area contributed by atoms with Crippen molar-refractivity contribution in [1.29, 1.82) is 0 Å². The number of fused-ring (bicyclic) bond motifs is 3. The molecule has 0 spiro atoms. The van der Waals surface area contributed by atoms with Crippen molar-refractivity contribution in [3.63, 3.8) is 0 Å². The molecule has 0 heterocycles. The first-order chi connectivity index (χ1) is 18.4. The topological polar surface area (TPSA) is 161 Å². The van der Waals surface area contributed by atoms with E-state index in [1.54, 1.807) is 20.2 Å². The molecule has 6 N–H and O–H groups in total. The molecule has 1 amide bonds. The van der Waals surface area contributed by atoms with Gasteiger partial charge >= 0.3 is 0 Å². The second-order valence-corrected chi connectivity index (χ2v) is 10.6. The molecule has 3 aliphatic rings. The van der Waals surface area contributed by atoms with Crippen LogP contribution in [0.5, 0.6) is 5.75 Å². The molecule has 9 nitrogen and oxygen atoms in total. The quantitative estimate of drug-likeness (QED) is 0.293. The summed E-state index contributed by atoms with van der Waals surface area (Å²) >= 11 is 0. The SMILES string of the molecule is Cc1ccc(C#Cc2cc(N(C)C)c3c(c2O)C(O)=C2C(=O)[C@]4(O)C(O)=C(C(N)=O)C(=O)C[C@@H]4C[C@@H]2C3)cc1. The summed E-state index contributed by atoms with van der Waals surface area (Å²) in [4.78, 5) is 39.9. The lowest BCUT2D eigenvalue weighted by Crippen LogP contribution is -2.58. The predicted octanol–water partition coefficient (Wildman–Crippen LogP) is 2.20. The van der Waals surface area contributed by atoms with Gasteiger partial charge in [0.2, 0.25) is 5.78 Å². The summed E-state index contributed by atoms with van der Waals surface area (Å²) in [5.74, 6) is -0.656. The zero-order valence-electron chi connectivity index (χ0n) is 21.7. The number of anilines is 1. The minimum atomic E-state index is -2.60. The Morgan fingerprint density at radius 3 is 2.36 bits per heavy atom. The van der Waals surface area contributed by atoms with Crippen molar-refractivity contribution in [1.82, 2.24) is 0 Å². The van der Waals surface area contributed by atoms with E-state index in [0.29, 0.717) is 11.3 Å². The van der Waals surface area contributed by atoms with Gasteiger partial charge in [0.15, 0.2) is 11.4 Å². The van der Waals surface area contributed by atoms with Crippen LogP contribution < -0.4 is 10.6 Å². The number of aliphatic hydroxyl groups excluding tert-OH is 2. The lowest BCUT2D eigenvalue weighted by atomic mass is 9.59. The molecule has 9 heteroatoms. The van der Waals surface area contributed by atoms with Gasteiger partial charge in [0.05, 0.1) is 11.1 Å². The number of aliphatic hydroxyl groups is 3. The first kappa shape index (κ1) is 26.1. The number of ketones is 2. The Labute approximate surface area is 224 Å². The van der Waals surface area contributed by atoms with E-state index >= 15 is 0 Å². The summed E-state index contributed by atoms with van der Waals surface area (Å²) in [6.07, 6.45) is -0.0615. The van der Waals surface area contributed by atoms with Crippen LogP contribution in [0.2, 0.25) is 0 Å². The summed E-state index contributed by atoms with van der Waals surface area (Å²) < 4.78 is 0. The molecule has 0 bridgehead atoms. The highest BCUT2D eigenvalue weighted by atomic mass is 16.3. The first-order valence-electron chi connectivity index (χ1n) is 12.5. The summed E-state index contributed by atoms with van der Waals surface area (Å²) in [7, 11) is 3.61. The van der Waals surface area contributed by atoms with Crippen LogP contribution >= 0.6 is 0 Å². The van der Waals surface area contributed by atoms with Crippen molar-refractivity contribution >= 4 is 28.9 Å². The highest BCUT2D eigenvalue weighted by molar-refractivity contribution is 6.22. The number of amides is 1. The summed E-state index contributed by atoms with van der Waals surface area (Å²) in [5.41, 5.74) is 4.94. The number of hydrogen-bond donors (Lipinski definition) is 5. The van der Waals surface area contributed by atoms with Crippen molar-refractivity contribution in [3.8, 4) is 17.6 Å². The van der Waals surface area contributed by atoms with Crippen LogP contribution in [0.3, 0.4) is 0 Å². The van der Waals surface area contributed by atoms with Gasteiger partial charge in [0.1, 0.15) is 22.8 Å². The summed E-state index contributed by atoms with van der Waals surface area (Å²) in [6, 6.07) is 9.24. The van der Waals surface area contributed by atoms with Crippen LogP contribution in [0.1, 0.15) is 40.7 Å². The largest absolute Gasteiger partial charge is 0.508 e. The smallest absolute Gasteiger partial charge is 0.255 e. The van der Waals surface area contributed by atoms with Gasteiger partial charge in [0, 0.05) is 43.3 Å². The van der Waals surface area contributed by atoms with E-state index in [1.165, 1.54) is 0 Å². The number of primary amides is 1. The number of nitrogens with zero attached hydrogens (tertiary/aromatic N) is 1. The maximum absolute atomic E-state index is 13.7. The fourth-order valence-corrected chi connectivity index (χ4v) is 5.94. The second-order valence-electron chi connectivity index (χ2n) is 10.6. The van der Waals surface area contributed by atoms with Crippen LogP contribution in [0, 0.1) is 30.6 Å². The molecule has 39 heavy (non-hydrogen) atoms. The Balaban J connectivity index is 1.69. The Hall–Kier alpha value is -4.55. The Kier molecular flexibility index (Phi) is 6.04. The molecule has 5 rings (SSSR count). The lowest BCUT2D eigenvalue weighted by molar-refractivity contribution is -0.147. The molecule has 2 aromatic rings. The van der Waals surface area contributed by atoms with E-state index in [1.807, 2.05) is 36.1 Å². The average molecular weight is 529 g/mol. The van der Waals surface area contributed by atoms with Crippen LogP contribution in [0.25, 0.3) is 5.76 Å². The molecule has 1 saturated carbocycles. The van der Waals surface area contributed by atoms with E-state index in [4.69, 9.17) is 5.73 Å². The normalized spacial score (nSPS) is 23.9. The van der Waals surface area contributed by atoms with Gasteiger partial charge in [-0.25, -0.2) is 0 Å². The standard InChI is InChI=1S/C30H28N2O7/c1-14-4-6-15(7-5-14)8-9-16-12-20(32(2)3)19-11-17-10-18-13-21(33)24(29(31)38)28(37)30(18,39)27(36)22(17)26(35)23(19)25(16)34/h4-7,12,17-18,34-35,37,39H,10-11,13H2,1-3H3,(H2,31,38)/t17-,18+,30+/m1/s1. The second kappa shape index (κ2) is 9.03. The zero-order valence-corrected chi connectivity index (χ0v) is 21.7. The number of hydrogen-bond acceptors (Lipinski definition) is 8. The van der Waals surface area contributed by atoms with Crippen molar-refractivity contribution < 1.29 is 34.8 Å². The van der Waals surface area contributed by atoms with E-state index in [-0.39, 0.29) is 41.7 Å². The maximum atomic E-state index is 13.7. The number of phenolic OH excluding ortho intramolecular Hbond substituents is 1. The average Bonchev–Trinajstić information content (AvgIpc) is 2.86. The molecular formula is C30H28N2O7. The number of phenols is 1. The molecule has 1 fully saturated rings. The number of aromatic hydroxyl groups is 1. The fraction of sp³-hybridized carbons (Fsp3) is 0.300. The van der Waals surface area contributed by atoms with Crippen LogP contribution in [0.15, 0.2) is 47.2 Å². The number of Topliss-reactive ketones (excluding diaryl/α,β-unsaturated/α-hetero) is 2. The van der Waals surface area contributed by atoms with E-state index in [9.17, 15) is 34.8 Å². The lowest BCUT2D eigenvalue weighted by Gasteiger charge is -2.46. The monoisotopic (exact) mass is 528 g/mol. The van der Waals surface area contributed by atoms with Crippen molar-refractivity contribution in [2.45, 2.75) is 31.8 Å². The van der Waals surface area contributed by atoms with Gasteiger partial charge in [-0.15, -0.1) is 0 Å². The number of benzene rings is 2. The van der Waals surface area contributed by atoms with Crippen LogP contribution in [0.4, 0.5) is 5.69 Å². The molecular weight excluding hydrogens is 500 g/mol. The van der Waals surface area contributed by atoms with E-state index in [2.05, 4.69) is 11.8 Å². The maximum Gasteiger partial charge on any atom is 0.255 e. The Bertz CT molecular complexity index is 1590. The highest BCUT2D eigenvalue weighted by Gasteiger charge is 2.60. The fourth-order valence-electron chi connectivity index (χ4n) is 5.94. The number of nitrogens with two attached hydrogens (primary N) is 1.